The Morgan fingerprint density at radius 3 is 2.74 bits per heavy atom. The zero-order valence-electron chi connectivity index (χ0n) is 9.76. The van der Waals surface area contributed by atoms with E-state index in [0.29, 0.717) is 10.0 Å². The first-order chi connectivity index (χ1) is 8.97. The molecule has 0 bridgehead atoms. The van der Waals surface area contributed by atoms with Gasteiger partial charge in [0.2, 0.25) is 5.88 Å². The summed E-state index contributed by atoms with van der Waals surface area (Å²) in [4.78, 5) is 13.8. The van der Waals surface area contributed by atoms with Crippen LogP contribution in [-0.2, 0) is 0 Å². The highest BCUT2D eigenvalue weighted by Crippen LogP contribution is 2.30. The summed E-state index contributed by atoms with van der Waals surface area (Å²) in [5.41, 5.74) is 0.345. The van der Waals surface area contributed by atoms with Gasteiger partial charge in [-0.1, -0.05) is 6.07 Å². The van der Waals surface area contributed by atoms with Crippen LogP contribution < -0.4 is 4.74 Å². The largest absolute Gasteiger partial charge is 0.438 e. The Kier molecular flexibility index (Phi) is 3.75. The van der Waals surface area contributed by atoms with Crippen LogP contribution in [0.2, 0.25) is 0 Å². The molecule has 0 radical (unpaired) electrons. The predicted molar refractivity (Wildman–Crippen MR) is 69.8 cm³/mol. The standard InChI is InChI=1S/C12H8BrFN2O3/c1-7-2-3-9(5-11(7)14)19-12-10(13)4-8(6-15-12)16(17)18/h2-6H,1H3. The average Bonchev–Trinajstić information content (AvgIpc) is 2.36. The van der Waals surface area contributed by atoms with Gasteiger partial charge in [-0.15, -0.1) is 0 Å². The summed E-state index contributed by atoms with van der Waals surface area (Å²) in [5, 5.41) is 10.6. The van der Waals surface area contributed by atoms with Gasteiger partial charge in [0.1, 0.15) is 17.8 Å². The SMILES string of the molecule is Cc1ccc(Oc2ncc([N+](=O)[O-])cc2Br)cc1F. The average molecular weight is 327 g/mol. The van der Waals surface area contributed by atoms with E-state index in [0.717, 1.165) is 6.20 Å². The zero-order chi connectivity index (χ0) is 14.0. The highest BCUT2D eigenvalue weighted by atomic mass is 79.9. The van der Waals surface area contributed by atoms with Gasteiger partial charge >= 0.3 is 0 Å². The number of aromatic nitrogens is 1. The lowest BCUT2D eigenvalue weighted by Crippen LogP contribution is -1.94. The molecule has 0 amide bonds. The highest BCUT2D eigenvalue weighted by Gasteiger charge is 2.12. The number of pyridine rings is 1. The number of halogens is 2. The van der Waals surface area contributed by atoms with Gasteiger partial charge in [-0.05, 0) is 34.5 Å². The number of aryl methyl sites for hydroxylation is 1. The smallest absolute Gasteiger partial charge is 0.288 e. The van der Waals surface area contributed by atoms with Crippen LogP contribution >= 0.6 is 15.9 Å². The second kappa shape index (κ2) is 5.31. The van der Waals surface area contributed by atoms with E-state index in [1.807, 2.05) is 0 Å². The van der Waals surface area contributed by atoms with Crippen LogP contribution in [0, 0.1) is 22.9 Å². The van der Waals surface area contributed by atoms with E-state index in [9.17, 15) is 14.5 Å². The number of nitro groups is 1. The van der Waals surface area contributed by atoms with Gasteiger partial charge in [0, 0.05) is 12.1 Å². The fraction of sp³-hybridized carbons (Fsp3) is 0.0833. The number of hydrogen-bond acceptors (Lipinski definition) is 4. The topological polar surface area (TPSA) is 65.3 Å². The van der Waals surface area contributed by atoms with Crippen molar-refractivity contribution in [1.29, 1.82) is 0 Å². The normalized spacial score (nSPS) is 10.3. The molecule has 0 unspecified atom stereocenters. The molecule has 98 valence electrons. The van der Waals surface area contributed by atoms with Crippen molar-refractivity contribution in [1.82, 2.24) is 4.98 Å². The summed E-state index contributed by atoms with van der Waals surface area (Å²) in [7, 11) is 0. The Balaban J connectivity index is 2.28. The molecule has 0 aliphatic rings. The molecule has 0 spiro atoms. The van der Waals surface area contributed by atoms with Gasteiger partial charge in [-0.25, -0.2) is 9.37 Å². The molecule has 5 nitrogen and oxygen atoms in total. The molecule has 0 aliphatic heterocycles. The quantitative estimate of drug-likeness (QED) is 0.631. The Labute approximate surface area is 116 Å². The van der Waals surface area contributed by atoms with Crippen LogP contribution in [0.4, 0.5) is 10.1 Å². The molecule has 2 aromatic rings. The first-order valence-corrected chi connectivity index (χ1v) is 6.00. The van der Waals surface area contributed by atoms with Crippen molar-refractivity contribution in [2.45, 2.75) is 6.92 Å². The van der Waals surface area contributed by atoms with Crippen molar-refractivity contribution in [3.63, 3.8) is 0 Å². The minimum Gasteiger partial charge on any atom is -0.438 e. The van der Waals surface area contributed by atoms with E-state index in [2.05, 4.69) is 20.9 Å². The second-order valence-corrected chi connectivity index (χ2v) is 4.60. The van der Waals surface area contributed by atoms with Crippen LogP contribution in [0.5, 0.6) is 11.6 Å². The molecule has 7 heteroatoms. The second-order valence-electron chi connectivity index (χ2n) is 3.75. The summed E-state index contributed by atoms with van der Waals surface area (Å²) >= 11 is 3.12. The minimum absolute atomic E-state index is 0.133. The van der Waals surface area contributed by atoms with E-state index in [1.54, 1.807) is 19.1 Å². The number of ether oxygens (including phenoxy) is 1. The first-order valence-electron chi connectivity index (χ1n) is 5.21. The van der Waals surface area contributed by atoms with Crippen molar-refractivity contribution in [3.8, 4) is 11.6 Å². The van der Waals surface area contributed by atoms with Crippen LogP contribution in [0.1, 0.15) is 5.56 Å². The van der Waals surface area contributed by atoms with Gasteiger partial charge in [0.25, 0.3) is 5.69 Å². The third-order valence-corrected chi connectivity index (χ3v) is 2.93. The first kappa shape index (κ1) is 13.4. The lowest BCUT2D eigenvalue weighted by Gasteiger charge is -2.07. The maximum absolute atomic E-state index is 13.4. The lowest BCUT2D eigenvalue weighted by atomic mass is 10.2. The summed E-state index contributed by atoms with van der Waals surface area (Å²) < 4.78 is 19.0. The van der Waals surface area contributed by atoms with Crippen LogP contribution in [0.15, 0.2) is 34.9 Å². The van der Waals surface area contributed by atoms with E-state index < -0.39 is 10.7 Å². The maximum atomic E-state index is 13.4. The molecule has 19 heavy (non-hydrogen) atoms. The fourth-order valence-electron chi connectivity index (χ4n) is 1.34. The van der Waals surface area contributed by atoms with Crippen molar-refractivity contribution >= 4 is 21.6 Å². The van der Waals surface area contributed by atoms with Crippen LogP contribution in [0.25, 0.3) is 0 Å². The van der Waals surface area contributed by atoms with E-state index in [1.165, 1.54) is 12.1 Å². The van der Waals surface area contributed by atoms with Crippen molar-refractivity contribution in [2.75, 3.05) is 0 Å². The molecule has 0 N–H and O–H groups in total. The van der Waals surface area contributed by atoms with Gasteiger partial charge in [-0.3, -0.25) is 10.1 Å². The third kappa shape index (κ3) is 3.05. The molecule has 0 saturated heterocycles. The third-order valence-electron chi connectivity index (χ3n) is 2.36. The summed E-state index contributed by atoms with van der Waals surface area (Å²) in [6.07, 6.45) is 1.07. The van der Waals surface area contributed by atoms with Gasteiger partial charge in [0.15, 0.2) is 0 Å². The molecule has 0 aliphatic carbocycles. The van der Waals surface area contributed by atoms with E-state index >= 15 is 0 Å². The van der Waals surface area contributed by atoms with E-state index in [4.69, 9.17) is 4.74 Å². The minimum atomic E-state index is -0.562. The van der Waals surface area contributed by atoms with E-state index in [-0.39, 0.29) is 17.3 Å². The van der Waals surface area contributed by atoms with Gasteiger partial charge in [0.05, 0.1) is 9.40 Å². The molecule has 1 aromatic heterocycles. The lowest BCUT2D eigenvalue weighted by molar-refractivity contribution is -0.385. The number of nitrogens with zero attached hydrogens (tertiary/aromatic N) is 2. The molecule has 1 heterocycles. The molecular weight excluding hydrogens is 319 g/mol. The number of benzene rings is 1. The Hall–Kier alpha value is -2.02. The molecular formula is C12H8BrFN2O3. The summed E-state index contributed by atoms with van der Waals surface area (Å²) in [6.45, 7) is 1.64. The Morgan fingerprint density at radius 1 is 1.42 bits per heavy atom. The number of rotatable bonds is 3. The zero-order valence-corrected chi connectivity index (χ0v) is 11.3. The molecule has 0 saturated carbocycles. The van der Waals surface area contributed by atoms with Crippen LogP contribution in [0.3, 0.4) is 0 Å². The van der Waals surface area contributed by atoms with Crippen LogP contribution in [-0.4, -0.2) is 9.91 Å². The molecule has 1 aromatic carbocycles. The molecule has 2 rings (SSSR count). The van der Waals surface area contributed by atoms with Crippen molar-refractivity contribution in [2.24, 2.45) is 0 Å². The summed E-state index contributed by atoms with van der Waals surface area (Å²) in [6, 6.07) is 5.66. The van der Waals surface area contributed by atoms with Crippen molar-refractivity contribution in [3.05, 3.63) is 56.4 Å². The molecule has 0 fully saturated rings. The maximum Gasteiger partial charge on any atom is 0.288 e. The van der Waals surface area contributed by atoms with Gasteiger partial charge < -0.3 is 4.74 Å². The van der Waals surface area contributed by atoms with Crippen molar-refractivity contribution < 1.29 is 14.1 Å². The highest BCUT2D eigenvalue weighted by molar-refractivity contribution is 9.10. The predicted octanol–water partition coefficient (Wildman–Crippen LogP) is 3.99. The van der Waals surface area contributed by atoms with Gasteiger partial charge in [-0.2, -0.15) is 0 Å². The fourth-order valence-corrected chi connectivity index (χ4v) is 1.76. The number of hydrogen-bond donors (Lipinski definition) is 0. The molecule has 0 atom stereocenters. The Bertz CT molecular complexity index is 649. The summed E-state index contributed by atoms with van der Waals surface area (Å²) in [5.74, 6) is 0.00883. The Morgan fingerprint density at radius 2 is 2.16 bits per heavy atom. The monoisotopic (exact) mass is 326 g/mol.